The number of hydrogen-bond donors (Lipinski definition) is 2. The molecule has 9 heteroatoms. The number of carbonyl (C=O) groups is 2. The molecule has 0 saturated carbocycles. The van der Waals surface area contributed by atoms with Crippen molar-refractivity contribution in [2.45, 2.75) is 19.4 Å². The number of primary amides is 1. The molecule has 1 aliphatic rings. The molecule has 0 radical (unpaired) electrons. The molecule has 2 heterocycles. The molecule has 1 aromatic carbocycles. The van der Waals surface area contributed by atoms with Gasteiger partial charge >= 0.3 is 0 Å². The third-order valence-electron chi connectivity index (χ3n) is 3.43. The van der Waals surface area contributed by atoms with Crippen LogP contribution in [0.3, 0.4) is 0 Å². The molecule has 2 aromatic rings. The van der Waals surface area contributed by atoms with Gasteiger partial charge in [-0.3, -0.25) is 19.9 Å². The summed E-state index contributed by atoms with van der Waals surface area (Å²) in [5, 5.41) is 8.62. The van der Waals surface area contributed by atoms with Crippen LogP contribution >= 0.6 is 11.3 Å². The Bertz CT molecular complexity index is 818. The monoisotopic (exact) mass is 347 g/mol. The summed E-state index contributed by atoms with van der Waals surface area (Å²) in [4.78, 5) is 29.0. The molecule has 1 aromatic heterocycles. The van der Waals surface area contributed by atoms with Crippen LogP contribution in [0.25, 0.3) is 0 Å². The van der Waals surface area contributed by atoms with Gasteiger partial charge < -0.3 is 5.73 Å². The number of carbonyl (C=O) groups excluding carboxylic acids is 2. The summed E-state index contributed by atoms with van der Waals surface area (Å²) in [5.74, 6) is -1.47. The van der Waals surface area contributed by atoms with Gasteiger partial charge in [0.1, 0.15) is 17.6 Å². The number of aromatic nitrogens is 1. The number of benzene rings is 1. The van der Waals surface area contributed by atoms with Gasteiger partial charge in [-0.2, -0.15) is 5.10 Å². The molecule has 0 saturated heterocycles. The number of nitrogens with two attached hydrogens (primary N) is 1. The zero-order valence-corrected chi connectivity index (χ0v) is 13.5. The second-order valence-electron chi connectivity index (χ2n) is 5.22. The number of nitrogens with zero attached hydrogens (tertiary/aromatic N) is 3. The lowest BCUT2D eigenvalue weighted by molar-refractivity contribution is -0.119. The van der Waals surface area contributed by atoms with E-state index in [9.17, 15) is 14.0 Å². The Morgan fingerprint density at radius 2 is 2.08 bits per heavy atom. The Hall–Kier alpha value is -2.81. The summed E-state index contributed by atoms with van der Waals surface area (Å²) in [6, 6.07) is 4.65. The molecule has 0 aliphatic carbocycles. The van der Waals surface area contributed by atoms with Crippen LogP contribution in [0.4, 0.5) is 15.2 Å². The first kappa shape index (κ1) is 16.1. The van der Waals surface area contributed by atoms with Crippen molar-refractivity contribution in [1.82, 2.24) is 4.98 Å². The summed E-state index contributed by atoms with van der Waals surface area (Å²) in [6.07, 6.45) is 1.72. The topological polar surface area (TPSA) is 101 Å². The predicted molar refractivity (Wildman–Crippen MR) is 89.4 cm³/mol. The Labute approximate surface area is 141 Å². The van der Waals surface area contributed by atoms with Crippen LogP contribution in [-0.2, 0) is 9.59 Å². The minimum absolute atomic E-state index is 0.0723. The van der Waals surface area contributed by atoms with Crippen LogP contribution in [-0.4, -0.2) is 28.6 Å². The fourth-order valence-corrected chi connectivity index (χ4v) is 2.94. The number of halogens is 1. The lowest BCUT2D eigenvalue weighted by Gasteiger charge is -2.20. The second-order valence-corrected chi connectivity index (χ2v) is 6.45. The van der Waals surface area contributed by atoms with E-state index in [0.29, 0.717) is 10.8 Å². The highest BCUT2D eigenvalue weighted by atomic mass is 32.1. The Kier molecular flexibility index (Phi) is 4.26. The standard InChI is InChI=1S/C15H14FN5O2S/c1-8-7-18-15(24-8)19-14(23)11-6-12(13(17)22)21(20-11)10-4-2-9(16)3-5-10/h2-5,7,12H,6H2,1H3,(H2,17,22)(H,18,19,23)/t12-/m0/s1. The van der Waals surface area contributed by atoms with Crippen LogP contribution in [0.1, 0.15) is 11.3 Å². The molecule has 0 spiro atoms. The number of nitrogens with one attached hydrogen (secondary N) is 1. The highest BCUT2D eigenvalue weighted by Gasteiger charge is 2.35. The smallest absolute Gasteiger partial charge is 0.273 e. The minimum Gasteiger partial charge on any atom is -0.368 e. The van der Waals surface area contributed by atoms with E-state index in [1.807, 2.05) is 6.92 Å². The number of aryl methyl sites for hydroxylation is 1. The van der Waals surface area contributed by atoms with Crippen molar-refractivity contribution in [3.63, 3.8) is 0 Å². The maximum absolute atomic E-state index is 13.1. The Morgan fingerprint density at radius 1 is 1.38 bits per heavy atom. The van der Waals surface area contributed by atoms with Gasteiger partial charge in [-0.25, -0.2) is 9.37 Å². The molecular weight excluding hydrogens is 333 g/mol. The van der Waals surface area contributed by atoms with Crippen molar-refractivity contribution >= 4 is 39.7 Å². The van der Waals surface area contributed by atoms with Gasteiger partial charge in [-0.1, -0.05) is 0 Å². The molecule has 3 N–H and O–H groups in total. The quantitative estimate of drug-likeness (QED) is 0.878. The maximum Gasteiger partial charge on any atom is 0.273 e. The average Bonchev–Trinajstić information content (AvgIpc) is 3.15. The van der Waals surface area contributed by atoms with Gasteiger partial charge in [0.05, 0.1) is 5.69 Å². The molecule has 0 fully saturated rings. The molecule has 24 heavy (non-hydrogen) atoms. The first-order chi connectivity index (χ1) is 11.4. The van der Waals surface area contributed by atoms with E-state index in [4.69, 9.17) is 5.73 Å². The predicted octanol–water partition coefficient (Wildman–Crippen LogP) is 1.65. The third-order valence-corrected chi connectivity index (χ3v) is 4.26. The molecule has 0 bridgehead atoms. The fourth-order valence-electron chi connectivity index (χ4n) is 2.28. The van der Waals surface area contributed by atoms with Gasteiger partial charge in [0.15, 0.2) is 5.13 Å². The van der Waals surface area contributed by atoms with E-state index >= 15 is 0 Å². The zero-order chi connectivity index (χ0) is 17.3. The van der Waals surface area contributed by atoms with Crippen molar-refractivity contribution in [3.05, 3.63) is 41.2 Å². The maximum atomic E-state index is 13.1. The van der Waals surface area contributed by atoms with Crippen molar-refractivity contribution in [1.29, 1.82) is 0 Å². The number of anilines is 2. The Balaban J connectivity index is 1.83. The number of rotatable bonds is 4. The molecule has 7 nitrogen and oxygen atoms in total. The second kappa shape index (κ2) is 6.36. The van der Waals surface area contributed by atoms with Gasteiger partial charge in [-0.15, -0.1) is 11.3 Å². The first-order valence-corrected chi connectivity index (χ1v) is 7.91. The largest absolute Gasteiger partial charge is 0.368 e. The summed E-state index contributed by atoms with van der Waals surface area (Å²) >= 11 is 1.34. The van der Waals surface area contributed by atoms with Crippen molar-refractivity contribution in [2.24, 2.45) is 10.8 Å². The third kappa shape index (κ3) is 3.25. The van der Waals surface area contributed by atoms with Gasteiger partial charge in [0.25, 0.3) is 5.91 Å². The van der Waals surface area contributed by atoms with E-state index in [1.54, 1.807) is 6.20 Å². The molecule has 1 aliphatic heterocycles. The number of hydrogen-bond acceptors (Lipinski definition) is 6. The fraction of sp³-hybridized carbons (Fsp3) is 0.200. The van der Waals surface area contributed by atoms with Crippen LogP contribution < -0.4 is 16.1 Å². The van der Waals surface area contributed by atoms with Crippen LogP contribution in [0.15, 0.2) is 35.6 Å². The highest BCUT2D eigenvalue weighted by molar-refractivity contribution is 7.15. The van der Waals surface area contributed by atoms with Crippen molar-refractivity contribution in [3.8, 4) is 0 Å². The first-order valence-electron chi connectivity index (χ1n) is 7.09. The summed E-state index contributed by atoms with van der Waals surface area (Å²) < 4.78 is 13.1. The summed E-state index contributed by atoms with van der Waals surface area (Å²) in [7, 11) is 0. The van der Waals surface area contributed by atoms with Gasteiger partial charge in [0, 0.05) is 17.5 Å². The SMILES string of the molecule is Cc1cnc(NC(=O)C2=NN(c3ccc(F)cc3)[C@H](C(N)=O)C2)s1. The van der Waals surface area contributed by atoms with Gasteiger partial charge in [0.2, 0.25) is 5.91 Å². The zero-order valence-electron chi connectivity index (χ0n) is 12.7. The highest BCUT2D eigenvalue weighted by Crippen LogP contribution is 2.25. The Morgan fingerprint density at radius 3 is 2.67 bits per heavy atom. The van der Waals surface area contributed by atoms with Crippen molar-refractivity contribution in [2.75, 3.05) is 10.3 Å². The van der Waals surface area contributed by atoms with E-state index in [2.05, 4.69) is 15.4 Å². The molecule has 0 unspecified atom stereocenters. The van der Waals surface area contributed by atoms with Gasteiger partial charge in [-0.05, 0) is 31.2 Å². The molecular formula is C15H14FN5O2S. The van der Waals surface area contributed by atoms with Crippen molar-refractivity contribution < 1.29 is 14.0 Å². The lowest BCUT2D eigenvalue weighted by Crippen LogP contribution is -2.39. The van der Waals surface area contributed by atoms with Crippen LogP contribution in [0.5, 0.6) is 0 Å². The number of thiazole rings is 1. The molecule has 3 rings (SSSR count). The van der Waals surface area contributed by atoms with E-state index < -0.39 is 23.7 Å². The minimum atomic E-state index is -0.797. The van der Waals surface area contributed by atoms with E-state index in [1.165, 1.54) is 40.6 Å². The molecule has 2 amide bonds. The average molecular weight is 347 g/mol. The lowest BCUT2D eigenvalue weighted by atomic mass is 10.1. The van der Waals surface area contributed by atoms with E-state index in [-0.39, 0.29) is 12.1 Å². The molecule has 1 atom stereocenters. The summed E-state index contributed by atoms with van der Waals surface area (Å²) in [6.45, 7) is 1.87. The number of amides is 2. The summed E-state index contributed by atoms with van der Waals surface area (Å²) in [5.41, 5.74) is 6.05. The van der Waals surface area contributed by atoms with E-state index in [0.717, 1.165) is 4.88 Å². The molecule has 124 valence electrons. The van der Waals surface area contributed by atoms with Crippen LogP contribution in [0, 0.1) is 12.7 Å². The van der Waals surface area contributed by atoms with Crippen LogP contribution in [0.2, 0.25) is 0 Å². The number of hydrazone groups is 1. The normalized spacial score (nSPS) is 16.8.